The summed E-state index contributed by atoms with van der Waals surface area (Å²) >= 11 is 0. The average molecular weight is 890 g/mol. The molecule has 6 aromatic carbocycles. The van der Waals surface area contributed by atoms with Gasteiger partial charge in [-0.15, -0.1) is 0 Å². The molecule has 0 aliphatic heterocycles. The lowest BCUT2D eigenvalue weighted by molar-refractivity contribution is -0.137. The van der Waals surface area contributed by atoms with Gasteiger partial charge in [0.15, 0.2) is 23.3 Å². The van der Waals surface area contributed by atoms with Crippen LogP contribution in [0.2, 0.25) is 0 Å². The van der Waals surface area contributed by atoms with E-state index in [4.69, 9.17) is 0 Å². The Kier molecular flexibility index (Phi) is 9.36. The molecule has 0 aliphatic rings. The van der Waals surface area contributed by atoms with Crippen LogP contribution >= 0.6 is 0 Å². The molecule has 68 heavy (non-hydrogen) atoms. The molecule has 0 amide bonds. The van der Waals surface area contributed by atoms with Crippen molar-refractivity contribution in [1.82, 2.24) is 49.0 Å². The zero-order valence-electron chi connectivity index (χ0n) is 35.4. The number of nitrogens with zero attached hydrogens (tertiary/aromatic N) is 11. The Labute approximate surface area is 384 Å². The Morgan fingerprint density at radius 2 is 0.721 bits per heavy atom. The van der Waals surface area contributed by atoms with Crippen LogP contribution in [0.1, 0.15) is 11.1 Å². The zero-order chi connectivity index (χ0) is 45.9. The van der Waals surface area contributed by atoms with Gasteiger partial charge in [-0.05, 0) is 78.4 Å². The molecule has 0 aliphatic carbocycles. The van der Waals surface area contributed by atoms with Crippen LogP contribution in [0.15, 0.2) is 183 Å². The number of aromatic nitrogens is 10. The third-order valence-electron chi connectivity index (χ3n) is 12.0. The van der Waals surface area contributed by atoms with Crippen molar-refractivity contribution in [3.8, 4) is 74.1 Å². The van der Waals surface area contributed by atoms with E-state index in [1.807, 2.05) is 88.0 Å². The Hall–Kier alpha value is -9.48. The van der Waals surface area contributed by atoms with E-state index >= 15 is 13.2 Å². The van der Waals surface area contributed by atoms with Gasteiger partial charge >= 0.3 is 6.18 Å². The number of nitriles is 1. The van der Waals surface area contributed by atoms with Crippen LogP contribution < -0.4 is 0 Å². The lowest BCUT2D eigenvalue weighted by Crippen LogP contribution is -2.11. The normalized spacial score (nSPS) is 11.7. The monoisotopic (exact) mass is 889 g/mol. The molecule has 0 saturated carbocycles. The summed E-state index contributed by atoms with van der Waals surface area (Å²) in [6.07, 6.45) is 8.32. The summed E-state index contributed by atoms with van der Waals surface area (Å²) in [5, 5.41) is 13.4. The van der Waals surface area contributed by atoms with Crippen molar-refractivity contribution in [2.45, 2.75) is 6.18 Å². The summed E-state index contributed by atoms with van der Waals surface area (Å²) in [6.45, 7) is 0. The SMILES string of the molecule is N#Cc1cccc(-c2c(-n3c4cc(-c5ncccn5)ccc4c4ccc(-c5ncccn5)cc43)cc(C(F)(F)F)cc2-n2c3cc(-c4ncccn4)ccc3c3ccc(-c4ncccn4)cc32)c1. The highest BCUT2D eigenvalue weighted by atomic mass is 19.4. The number of hydrogen-bond acceptors (Lipinski definition) is 9. The van der Waals surface area contributed by atoms with Gasteiger partial charge < -0.3 is 9.13 Å². The Morgan fingerprint density at radius 1 is 0.382 bits per heavy atom. The number of alkyl halides is 3. The van der Waals surface area contributed by atoms with Crippen LogP contribution in [-0.4, -0.2) is 49.0 Å². The molecule has 0 radical (unpaired) electrons. The topological polar surface area (TPSA) is 137 Å². The zero-order valence-corrected chi connectivity index (χ0v) is 35.4. The molecular weight excluding hydrogens is 860 g/mol. The van der Waals surface area contributed by atoms with E-state index in [0.717, 1.165) is 21.5 Å². The first-order chi connectivity index (χ1) is 33.3. The van der Waals surface area contributed by atoms with Crippen LogP contribution in [0.4, 0.5) is 13.2 Å². The molecule has 0 saturated heterocycles. The van der Waals surface area contributed by atoms with Crippen molar-refractivity contribution in [2.75, 3.05) is 0 Å². The van der Waals surface area contributed by atoms with Crippen molar-refractivity contribution in [1.29, 1.82) is 5.26 Å². The molecular formula is C54H30F3N11. The van der Waals surface area contributed by atoms with Crippen LogP contribution in [-0.2, 0) is 6.18 Å². The van der Waals surface area contributed by atoms with Crippen LogP contribution in [0.3, 0.4) is 0 Å². The minimum atomic E-state index is -4.83. The summed E-state index contributed by atoms with van der Waals surface area (Å²) < 4.78 is 51.6. The fourth-order valence-electron chi connectivity index (χ4n) is 9.07. The number of benzene rings is 6. The highest BCUT2D eigenvalue weighted by Crippen LogP contribution is 2.47. The lowest BCUT2D eigenvalue weighted by Gasteiger charge is -2.23. The van der Waals surface area contributed by atoms with Gasteiger partial charge in [0.2, 0.25) is 0 Å². The van der Waals surface area contributed by atoms with E-state index in [9.17, 15) is 5.26 Å². The highest BCUT2D eigenvalue weighted by Gasteiger charge is 2.35. The predicted molar refractivity (Wildman–Crippen MR) is 254 cm³/mol. The number of halogens is 3. The summed E-state index contributed by atoms with van der Waals surface area (Å²) in [7, 11) is 0. The fourth-order valence-corrected chi connectivity index (χ4v) is 9.07. The maximum atomic E-state index is 16.0. The molecule has 11 nitrogen and oxygen atoms in total. The number of hydrogen-bond donors (Lipinski definition) is 0. The quantitative estimate of drug-likeness (QED) is 0.153. The van der Waals surface area contributed by atoms with Crippen molar-refractivity contribution in [3.05, 3.63) is 194 Å². The Morgan fingerprint density at radius 3 is 1.03 bits per heavy atom. The summed E-state index contributed by atoms with van der Waals surface area (Å²) in [5.41, 5.74) is 5.72. The van der Waals surface area contributed by atoms with Gasteiger partial charge in [-0.25, -0.2) is 39.9 Å². The van der Waals surface area contributed by atoms with Gasteiger partial charge in [0.25, 0.3) is 0 Å². The first-order valence-corrected chi connectivity index (χ1v) is 21.3. The van der Waals surface area contributed by atoms with Crippen LogP contribution in [0.5, 0.6) is 0 Å². The van der Waals surface area contributed by atoms with Gasteiger partial charge in [0.1, 0.15) is 0 Å². The fraction of sp³-hybridized carbons (Fsp3) is 0.0185. The molecule has 12 rings (SSSR count). The van der Waals surface area contributed by atoms with Gasteiger partial charge in [0, 0.05) is 98.9 Å². The number of fused-ring (bicyclic) bond motifs is 6. The van der Waals surface area contributed by atoms with Crippen LogP contribution in [0, 0.1) is 11.3 Å². The molecule has 12 aromatic rings. The molecule has 6 aromatic heterocycles. The maximum absolute atomic E-state index is 16.0. The standard InChI is InChI=1S/C54H30F3N11/c55-54(56,57)38-29-47(67-43-25-34(50-59-16-2-17-60-50)8-12-39(43)40-13-9-35(26-44(40)67)51-61-18-3-19-62-51)49(33-7-1-6-32(24-33)31-58)48(30-38)68-45-27-36(52-63-20-4-21-64-52)10-14-41(45)42-15-11-37(28-46(42)68)53-65-22-5-23-66-53/h1-30H. The van der Waals surface area contributed by atoms with E-state index in [2.05, 4.69) is 45.9 Å². The van der Waals surface area contributed by atoms with Crippen molar-refractivity contribution in [2.24, 2.45) is 0 Å². The molecule has 0 atom stereocenters. The lowest BCUT2D eigenvalue weighted by atomic mass is 9.96. The molecule has 0 spiro atoms. The van der Waals surface area contributed by atoms with E-state index in [0.29, 0.717) is 84.3 Å². The summed E-state index contributed by atoms with van der Waals surface area (Å²) in [4.78, 5) is 36.2. The van der Waals surface area contributed by atoms with Crippen molar-refractivity contribution >= 4 is 43.6 Å². The minimum Gasteiger partial charge on any atom is -0.308 e. The van der Waals surface area contributed by atoms with E-state index < -0.39 is 11.7 Å². The molecule has 0 bridgehead atoms. The molecule has 322 valence electrons. The second-order valence-electron chi connectivity index (χ2n) is 16.0. The third-order valence-corrected chi connectivity index (χ3v) is 12.0. The predicted octanol–water partition coefficient (Wildman–Crippen LogP) is 12.3. The van der Waals surface area contributed by atoms with Crippen molar-refractivity contribution in [3.63, 3.8) is 0 Å². The van der Waals surface area contributed by atoms with Gasteiger partial charge in [0.05, 0.1) is 50.6 Å². The first kappa shape index (κ1) is 40.1. The van der Waals surface area contributed by atoms with Gasteiger partial charge in [-0.3, -0.25) is 0 Å². The second-order valence-corrected chi connectivity index (χ2v) is 16.0. The number of rotatable bonds is 7. The molecule has 0 fully saturated rings. The molecule has 14 heteroatoms. The first-order valence-electron chi connectivity index (χ1n) is 21.3. The summed E-state index contributed by atoms with van der Waals surface area (Å²) in [6, 6.07) is 41.4. The van der Waals surface area contributed by atoms with Crippen molar-refractivity contribution < 1.29 is 13.2 Å². The smallest absolute Gasteiger partial charge is 0.308 e. The second kappa shape index (κ2) is 15.9. The summed E-state index contributed by atoms with van der Waals surface area (Å²) in [5.74, 6) is 1.77. The minimum absolute atomic E-state index is 0.197. The maximum Gasteiger partial charge on any atom is 0.416 e. The average Bonchev–Trinajstić information content (AvgIpc) is 3.90. The van der Waals surface area contributed by atoms with Gasteiger partial charge in [-0.2, -0.15) is 18.4 Å². The Bertz CT molecular complexity index is 3550. The molecule has 0 unspecified atom stereocenters. The van der Waals surface area contributed by atoms with Gasteiger partial charge in [-0.1, -0.05) is 60.7 Å². The molecule has 0 N–H and O–H groups in total. The molecule has 6 heterocycles. The van der Waals surface area contributed by atoms with E-state index in [-0.39, 0.29) is 11.4 Å². The third kappa shape index (κ3) is 6.76. The highest BCUT2D eigenvalue weighted by molar-refractivity contribution is 6.13. The largest absolute Gasteiger partial charge is 0.416 e. The van der Waals surface area contributed by atoms with E-state index in [1.165, 1.54) is 12.1 Å². The Balaban J connectivity index is 1.28. The van der Waals surface area contributed by atoms with E-state index in [1.54, 1.807) is 92.0 Å². The van der Waals surface area contributed by atoms with Crippen LogP contribution in [0.25, 0.3) is 112 Å².